The molecule has 0 radical (unpaired) electrons. The highest BCUT2D eigenvalue weighted by Gasteiger charge is 1.89. The van der Waals surface area contributed by atoms with Gasteiger partial charge in [0, 0.05) is 13.1 Å². The van der Waals surface area contributed by atoms with Crippen molar-refractivity contribution >= 4 is 16.5 Å². The van der Waals surface area contributed by atoms with Gasteiger partial charge in [-0.3, -0.25) is 0 Å². The minimum Gasteiger partial charge on any atom is -0.357 e. The number of nitrogens with one attached hydrogen (secondary N) is 1. The van der Waals surface area contributed by atoms with E-state index in [-0.39, 0.29) is 0 Å². The lowest BCUT2D eigenvalue weighted by Gasteiger charge is -1.93. The third-order valence-corrected chi connectivity index (χ3v) is 1.68. The highest BCUT2D eigenvalue weighted by molar-refractivity contribution is 7.13. The van der Waals surface area contributed by atoms with Crippen molar-refractivity contribution in [2.75, 3.05) is 18.4 Å². The Bertz CT molecular complexity index is 206. The van der Waals surface area contributed by atoms with E-state index in [9.17, 15) is 0 Å². The molecule has 0 amide bonds. The quantitative estimate of drug-likeness (QED) is 0.644. The number of anilines is 1. The molecule has 0 fully saturated rings. The lowest BCUT2D eigenvalue weighted by atomic mass is 10.5. The third-order valence-electron chi connectivity index (χ3n) is 1.03. The number of rotatable bonds is 4. The van der Waals surface area contributed by atoms with Crippen molar-refractivity contribution in [2.45, 2.75) is 0 Å². The van der Waals surface area contributed by atoms with E-state index in [0.717, 1.165) is 11.7 Å². The first kappa shape index (κ1) is 8.16. The Morgan fingerprint density at radius 1 is 1.64 bits per heavy atom. The van der Waals surface area contributed by atoms with Crippen LogP contribution in [0.25, 0.3) is 0 Å². The van der Waals surface area contributed by atoms with Gasteiger partial charge in [0.2, 0.25) is 5.13 Å². The predicted molar refractivity (Wildman–Crippen MR) is 46.6 cm³/mol. The van der Waals surface area contributed by atoms with E-state index in [2.05, 4.69) is 15.5 Å². The van der Waals surface area contributed by atoms with Crippen molar-refractivity contribution in [2.24, 2.45) is 5.73 Å². The normalized spacial score (nSPS) is 10.6. The Balaban J connectivity index is 2.19. The van der Waals surface area contributed by atoms with Crippen LogP contribution in [0.5, 0.6) is 0 Å². The van der Waals surface area contributed by atoms with Crippen molar-refractivity contribution in [3.63, 3.8) is 0 Å². The van der Waals surface area contributed by atoms with E-state index < -0.39 is 0 Å². The number of nitrogens with two attached hydrogens (primary N) is 1. The van der Waals surface area contributed by atoms with E-state index >= 15 is 0 Å². The van der Waals surface area contributed by atoms with Gasteiger partial charge in [0.1, 0.15) is 5.51 Å². The molecule has 0 unspecified atom stereocenters. The van der Waals surface area contributed by atoms with Crippen LogP contribution in [0.2, 0.25) is 0 Å². The smallest absolute Gasteiger partial charge is 0.205 e. The summed E-state index contributed by atoms with van der Waals surface area (Å²) in [4.78, 5) is 0. The number of aromatic nitrogens is 2. The standard InChI is InChI=1S/C6H10N4S/c7-3-1-2-4-8-6-10-9-5-11-6/h1-2,5H,3-4,7H2,(H,8,10)/b2-1+. The average Bonchev–Trinajstić information content (AvgIpc) is 2.50. The van der Waals surface area contributed by atoms with Gasteiger partial charge in [-0.1, -0.05) is 23.5 Å². The van der Waals surface area contributed by atoms with Crippen LogP contribution in [0, 0.1) is 0 Å². The van der Waals surface area contributed by atoms with Crippen LogP contribution in [0.4, 0.5) is 5.13 Å². The Labute approximate surface area is 69.1 Å². The lowest BCUT2D eigenvalue weighted by molar-refractivity contribution is 1.08. The SMILES string of the molecule is NC/C=C/CNc1nncs1. The molecule has 5 heteroatoms. The predicted octanol–water partition coefficient (Wildman–Crippen LogP) is 0.465. The molecule has 1 heterocycles. The molecule has 1 aromatic rings. The number of hydrogen-bond donors (Lipinski definition) is 2. The van der Waals surface area contributed by atoms with Gasteiger partial charge in [-0.05, 0) is 0 Å². The zero-order valence-electron chi connectivity index (χ0n) is 6.03. The summed E-state index contributed by atoms with van der Waals surface area (Å²) in [5, 5.41) is 11.4. The van der Waals surface area contributed by atoms with E-state index in [1.54, 1.807) is 5.51 Å². The monoisotopic (exact) mass is 170 g/mol. The molecule has 1 rings (SSSR count). The summed E-state index contributed by atoms with van der Waals surface area (Å²) < 4.78 is 0. The van der Waals surface area contributed by atoms with Crippen LogP contribution in [0.1, 0.15) is 0 Å². The number of hydrogen-bond acceptors (Lipinski definition) is 5. The van der Waals surface area contributed by atoms with Crippen molar-refractivity contribution < 1.29 is 0 Å². The first-order valence-electron chi connectivity index (χ1n) is 3.28. The summed E-state index contributed by atoms with van der Waals surface area (Å²) in [6.07, 6.45) is 3.86. The highest BCUT2D eigenvalue weighted by Crippen LogP contribution is 2.06. The van der Waals surface area contributed by atoms with Crippen LogP contribution >= 0.6 is 11.3 Å². The molecule has 0 saturated carbocycles. The third kappa shape index (κ3) is 3.10. The Morgan fingerprint density at radius 2 is 2.55 bits per heavy atom. The van der Waals surface area contributed by atoms with Crippen LogP contribution in [0.3, 0.4) is 0 Å². The van der Waals surface area contributed by atoms with Gasteiger partial charge < -0.3 is 11.1 Å². The summed E-state index contributed by atoms with van der Waals surface area (Å²) in [6.45, 7) is 1.34. The molecule has 0 spiro atoms. The second-order valence-corrected chi connectivity index (χ2v) is 2.67. The first-order valence-corrected chi connectivity index (χ1v) is 4.16. The summed E-state index contributed by atoms with van der Waals surface area (Å²) in [6, 6.07) is 0. The summed E-state index contributed by atoms with van der Waals surface area (Å²) in [7, 11) is 0. The van der Waals surface area contributed by atoms with Gasteiger partial charge in [0.05, 0.1) is 0 Å². The Kier molecular flexibility index (Phi) is 3.57. The van der Waals surface area contributed by atoms with Crippen molar-refractivity contribution in [1.29, 1.82) is 0 Å². The molecular formula is C6H10N4S. The zero-order valence-corrected chi connectivity index (χ0v) is 6.84. The average molecular weight is 170 g/mol. The maximum absolute atomic E-state index is 5.25. The topological polar surface area (TPSA) is 63.8 Å². The molecule has 0 aliphatic rings. The summed E-state index contributed by atoms with van der Waals surface area (Å²) in [5.74, 6) is 0. The van der Waals surface area contributed by atoms with Crippen LogP contribution in [-0.2, 0) is 0 Å². The van der Waals surface area contributed by atoms with Crippen LogP contribution in [0.15, 0.2) is 17.7 Å². The molecule has 0 bridgehead atoms. The van der Waals surface area contributed by atoms with Gasteiger partial charge in [0.15, 0.2) is 0 Å². The van der Waals surface area contributed by atoms with Gasteiger partial charge in [-0.15, -0.1) is 10.2 Å². The van der Waals surface area contributed by atoms with Crippen molar-refractivity contribution in [3.8, 4) is 0 Å². The molecule has 0 aliphatic carbocycles. The maximum Gasteiger partial charge on any atom is 0.205 e. The molecule has 0 aliphatic heterocycles. The second kappa shape index (κ2) is 4.81. The maximum atomic E-state index is 5.25. The second-order valence-electron chi connectivity index (χ2n) is 1.83. The zero-order chi connectivity index (χ0) is 7.94. The molecule has 0 aromatic carbocycles. The van der Waals surface area contributed by atoms with Crippen LogP contribution in [-0.4, -0.2) is 23.3 Å². The fourth-order valence-electron chi connectivity index (χ4n) is 0.576. The summed E-state index contributed by atoms with van der Waals surface area (Å²) in [5.41, 5.74) is 6.94. The van der Waals surface area contributed by atoms with Gasteiger partial charge >= 0.3 is 0 Å². The van der Waals surface area contributed by atoms with E-state index in [1.807, 2.05) is 12.2 Å². The van der Waals surface area contributed by atoms with Crippen LogP contribution < -0.4 is 11.1 Å². The highest BCUT2D eigenvalue weighted by atomic mass is 32.1. The van der Waals surface area contributed by atoms with Crippen molar-refractivity contribution in [3.05, 3.63) is 17.7 Å². The summed E-state index contributed by atoms with van der Waals surface area (Å²) >= 11 is 1.48. The Morgan fingerprint density at radius 3 is 3.18 bits per heavy atom. The molecule has 11 heavy (non-hydrogen) atoms. The molecule has 1 aromatic heterocycles. The van der Waals surface area contributed by atoms with Crippen molar-refractivity contribution in [1.82, 2.24) is 10.2 Å². The van der Waals surface area contributed by atoms with Gasteiger partial charge in [-0.2, -0.15) is 0 Å². The fraction of sp³-hybridized carbons (Fsp3) is 0.333. The molecular weight excluding hydrogens is 160 g/mol. The molecule has 4 nitrogen and oxygen atoms in total. The van der Waals surface area contributed by atoms with E-state index in [4.69, 9.17) is 5.73 Å². The van der Waals surface area contributed by atoms with E-state index in [1.165, 1.54) is 11.3 Å². The molecule has 0 atom stereocenters. The lowest BCUT2D eigenvalue weighted by Crippen LogP contribution is -1.99. The van der Waals surface area contributed by atoms with E-state index in [0.29, 0.717) is 6.54 Å². The van der Waals surface area contributed by atoms with Gasteiger partial charge in [0.25, 0.3) is 0 Å². The number of nitrogens with zero attached hydrogens (tertiary/aromatic N) is 2. The molecule has 60 valence electrons. The van der Waals surface area contributed by atoms with Gasteiger partial charge in [-0.25, -0.2) is 0 Å². The fourth-order valence-corrected chi connectivity index (χ4v) is 1.03. The first-order chi connectivity index (χ1) is 5.43. The Hall–Kier alpha value is -0.940. The molecule has 0 saturated heterocycles. The minimum atomic E-state index is 0.581. The largest absolute Gasteiger partial charge is 0.357 e. The minimum absolute atomic E-state index is 0.581. The molecule has 3 N–H and O–H groups in total.